The Labute approximate surface area is 165 Å². The number of nitrogens with zero attached hydrogens (tertiary/aromatic N) is 3. The normalized spacial score (nSPS) is 23.1. The monoisotopic (exact) mass is 406 g/mol. The van der Waals surface area contributed by atoms with E-state index in [0.29, 0.717) is 12.3 Å². The third-order valence-electron chi connectivity index (χ3n) is 4.97. The van der Waals surface area contributed by atoms with Crippen LogP contribution in [-0.4, -0.2) is 66.7 Å². The Morgan fingerprint density at radius 3 is 2.68 bits per heavy atom. The highest BCUT2D eigenvalue weighted by molar-refractivity contribution is 7.89. The fraction of sp³-hybridized carbons (Fsp3) is 0.474. The molecule has 1 aliphatic rings. The van der Waals surface area contributed by atoms with E-state index in [1.165, 1.54) is 10.6 Å². The molecule has 0 unspecified atom stereocenters. The molecule has 3 atom stereocenters. The van der Waals surface area contributed by atoms with Crippen molar-refractivity contribution in [2.75, 3.05) is 26.7 Å². The smallest absolute Gasteiger partial charge is 0.247 e. The predicted molar refractivity (Wildman–Crippen MR) is 105 cm³/mol. The van der Waals surface area contributed by atoms with E-state index < -0.39 is 16.1 Å². The van der Waals surface area contributed by atoms with Crippen molar-refractivity contribution >= 4 is 10.0 Å². The Hall–Kier alpha value is -2.07. The van der Waals surface area contributed by atoms with Crippen molar-refractivity contribution in [2.24, 2.45) is 5.92 Å². The van der Waals surface area contributed by atoms with Crippen molar-refractivity contribution in [1.82, 2.24) is 19.6 Å². The molecule has 1 aromatic carbocycles. The van der Waals surface area contributed by atoms with E-state index in [2.05, 4.69) is 15.3 Å². The summed E-state index contributed by atoms with van der Waals surface area (Å²) in [6.45, 7) is 4.24. The first-order valence-electron chi connectivity index (χ1n) is 9.22. The number of benzene rings is 1. The Balaban J connectivity index is 2.14. The van der Waals surface area contributed by atoms with Crippen LogP contribution < -0.4 is 10.1 Å². The first-order valence-corrected chi connectivity index (χ1v) is 10.7. The lowest BCUT2D eigenvalue weighted by molar-refractivity contribution is 0.103. The van der Waals surface area contributed by atoms with Crippen LogP contribution in [0.1, 0.15) is 13.8 Å². The van der Waals surface area contributed by atoms with Crippen molar-refractivity contribution in [2.45, 2.75) is 30.9 Å². The highest BCUT2D eigenvalue weighted by Gasteiger charge is 2.37. The number of likely N-dealkylation sites (N-methyl/N-ethyl adjacent to an activating group) is 1. The summed E-state index contributed by atoms with van der Waals surface area (Å²) in [6.07, 6.45) is 4.55. The summed E-state index contributed by atoms with van der Waals surface area (Å²) in [4.78, 5) is 8.14. The average molecular weight is 407 g/mol. The molecule has 0 aliphatic carbocycles. The van der Waals surface area contributed by atoms with Gasteiger partial charge in [-0.1, -0.05) is 13.0 Å². The minimum Gasteiger partial charge on any atom is -0.487 e. The van der Waals surface area contributed by atoms with Crippen LogP contribution in [0.5, 0.6) is 5.75 Å². The zero-order valence-corrected chi connectivity index (χ0v) is 17.1. The molecule has 1 aliphatic heterocycles. The van der Waals surface area contributed by atoms with Gasteiger partial charge >= 0.3 is 0 Å². The maximum Gasteiger partial charge on any atom is 0.247 e. The van der Waals surface area contributed by atoms with E-state index in [9.17, 15) is 13.5 Å². The van der Waals surface area contributed by atoms with Crippen molar-refractivity contribution < 1.29 is 18.3 Å². The Morgan fingerprint density at radius 1 is 1.32 bits per heavy atom. The van der Waals surface area contributed by atoms with Gasteiger partial charge in [-0.3, -0.25) is 0 Å². The second kappa shape index (κ2) is 8.52. The molecule has 1 aromatic heterocycles. The van der Waals surface area contributed by atoms with E-state index in [1.54, 1.807) is 37.5 Å². The molecule has 2 aromatic rings. The molecule has 0 saturated heterocycles. The lowest BCUT2D eigenvalue weighted by Crippen LogP contribution is -2.49. The number of rotatable bonds is 5. The number of aliphatic hydroxyl groups excluding tert-OH is 1. The molecule has 2 heterocycles. The Morgan fingerprint density at radius 2 is 2.04 bits per heavy atom. The van der Waals surface area contributed by atoms with Gasteiger partial charge in [0.2, 0.25) is 10.0 Å². The summed E-state index contributed by atoms with van der Waals surface area (Å²) in [5.74, 6) is 0.219. The number of fused-ring (bicyclic) bond motifs is 1. The standard InChI is InChI=1S/C19H26N4O4S/c1-13-10-23(14(2)11-24)28(25,26)19-5-4-15(16-7-21-12-22-8-16)6-17(19)27-18(13)9-20-3/h4-8,12-14,18,20,24H,9-11H2,1-3H3/t13-,14+,18-/m1/s1. The molecule has 0 spiro atoms. The predicted octanol–water partition coefficient (Wildman–Crippen LogP) is 1.13. The van der Waals surface area contributed by atoms with Gasteiger partial charge in [0, 0.05) is 43.0 Å². The Kier molecular flexibility index (Phi) is 6.29. The topological polar surface area (TPSA) is 105 Å². The van der Waals surface area contributed by atoms with E-state index in [4.69, 9.17) is 4.74 Å². The molecule has 9 heteroatoms. The molecular formula is C19H26N4O4S. The van der Waals surface area contributed by atoms with Gasteiger partial charge in [0.15, 0.2) is 0 Å². The average Bonchev–Trinajstić information content (AvgIpc) is 2.70. The number of nitrogens with one attached hydrogen (secondary N) is 1. The maximum atomic E-state index is 13.3. The number of hydrogen-bond donors (Lipinski definition) is 2. The molecule has 0 radical (unpaired) electrons. The van der Waals surface area contributed by atoms with Crippen LogP contribution in [0.4, 0.5) is 0 Å². The van der Waals surface area contributed by atoms with E-state index in [-0.39, 0.29) is 30.1 Å². The summed E-state index contributed by atoms with van der Waals surface area (Å²) in [5, 5.41) is 12.7. The lowest BCUT2D eigenvalue weighted by atomic mass is 10.0. The van der Waals surface area contributed by atoms with Crippen LogP contribution in [0, 0.1) is 5.92 Å². The number of aliphatic hydroxyl groups is 1. The van der Waals surface area contributed by atoms with Crippen molar-refractivity contribution in [1.29, 1.82) is 0 Å². The van der Waals surface area contributed by atoms with Crippen LogP contribution in [-0.2, 0) is 10.0 Å². The zero-order chi connectivity index (χ0) is 20.3. The van der Waals surface area contributed by atoms with Crippen LogP contribution in [0.25, 0.3) is 11.1 Å². The van der Waals surface area contributed by atoms with Gasteiger partial charge in [-0.25, -0.2) is 18.4 Å². The summed E-state index contributed by atoms with van der Waals surface area (Å²) < 4.78 is 34.2. The fourth-order valence-electron chi connectivity index (χ4n) is 3.30. The zero-order valence-electron chi connectivity index (χ0n) is 16.2. The van der Waals surface area contributed by atoms with Gasteiger partial charge < -0.3 is 15.2 Å². The number of ether oxygens (including phenoxy) is 1. The summed E-state index contributed by atoms with van der Waals surface area (Å²) in [6, 6.07) is 4.46. The van der Waals surface area contributed by atoms with Crippen LogP contribution >= 0.6 is 0 Å². The van der Waals surface area contributed by atoms with Gasteiger partial charge in [0.1, 0.15) is 23.1 Å². The Bertz CT molecular complexity index is 907. The fourth-order valence-corrected chi connectivity index (χ4v) is 5.12. The molecule has 0 amide bonds. The van der Waals surface area contributed by atoms with Gasteiger partial charge in [0.05, 0.1) is 6.61 Å². The van der Waals surface area contributed by atoms with E-state index in [0.717, 1.165) is 11.1 Å². The lowest BCUT2D eigenvalue weighted by Gasteiger charge is -2.36. The first-order chi connectivity index (χ1) is 13.4. The number of hydrogen-bond acceptors (Lipinski definition) is 7. The summed E-state index contributed by atoms with van der Waals surface area (Å²) in [5.41, 5.74) is 1.54. The van der Waals surface area contributed by atoms with Gasteiger partial charge in [-0.15, -0.1) is 0 Å². The highest BCUT2D eigenvalue weighted by Crippen LogP contribution is 2.36. The van der Waals surface area contributed by atoms with Gasteiger partial charge in [0.25, 0.3) is 0 Å². The minimum atomic E-state index is -3.83. The maximum absolute atomic E-state index is 13.3. The molecule has 0 bridgehead atoms. The summed E-state index contributed by atoms with van der Waals surface area (Å²) >= 11 is 0. The molecular weight excluding hydrogens is 380 g/mol. The summed E-state index contributed by atoms with van der Waals surface area (Å²) in [7, 11) is -2.00. The minimum absolute atomic E-state index is 0.0758. The highest BCUT2D eigenvalue weighted by atomic mass is 32.2. The molecule has 8 nitrogen and oxygen atoms in total. The van der Waals surface area contributed by atoms with Crippen LogP contribution in [0.15, 0.2) is 41.8 Å². The van der Waals surface area contributed by atoms with Gasteiger partial charge in [-0.05, 0) is 31.7 Å². The van der Waals surface area contributed by atoms with Crippen molar-refractivity contribution in [3.05, 3.63) is 36.9 Å². The van der Waals surface area contributed by atoms with Crippen molar-refractivity contribution in [3.8, 4) is 16.9 Å². The van der Waals surface area contributed by atoms with Crippen molar-refractivity contribution in [3.63, 3.8) is 0 Å². The van der Waals surface area contributed by atoms with Crippen LogP contribution in [0.3, 0.4) is 0 Å². The second-order valence-electron chi connectivity index (χ2n) is 7.09. The quantitative estimate of drug-likeness (QED) is 0.767. The molecule has 0 fully saturated rings. The van der Waals surface area contributed by atoms with E-state index in [1.807, 2.05) is 14.0 Å². The second-order valence-corrected chi connectivity index (χ2v) is 8.95. The molecule has 2 N–H and O–H groups in total. The largest absolute Gasteiger partial charge is 0.487 e. The molecule has 0 saturated carbocycles. The third kappa shape index (κ3) is 4.02. The SMILES string of the molecule is CNC[C@H]1Oc2cc(-c3cncnc3)ccc2S(=O)(=O)N([C@@H](C)CO)C[C@H]1C. The third-order valence-corrected chi connectivity index (χ3v) is 6.99. The molecule has 3 rings (SSSR count). The van der Waals surface area contributed by atoms with E-state index >= 15 is 0 Å². The number of aromatic nitrogens is 2. The number of sulfonamides is 1. The molecule has 152 valence electrons. The molecule has 28 heavy (non-hydrogen) atoms. The van der Waals surface area contributed by atoms with Gasteiger partial charge in [-0.2, -0.15) is 4.31 Å². The first kappa shape index (κ1) is 20.7. The van der Waals surface area contributed by atoms with Crippen LogP contribution in [0.2, 0.25) is 0 Å².